The molecule has 3 nitrogen and oxygen atoms in total. The zero-order chi connectivity index (χ0) is 15.5. The van der Waals surface area contributed by atoms with Crippen molar-refractivity contribution >= 4 is 0 Å². The maximum absolute atomic E-state index is 9.79. The summed E-state index contributed by atoms with van der Waals surface area (Å²) >= 11 is 0. The lowest BCUT2D eigenvalue weighted by Crippen LogP contribution is -2.54. The van der Waals surface area contributed by atoms with E-state index in [1.54, 1.807) is 0 Å². The van der Waals surface area contributed by atoms with Gasteiger partial charge in [-0.3, -0.25) is 0 Å². The van der Waals surface area contributed by atoms with Gasteiger partial charge in [0.1, 0.15) is 0 Å². The molecule has 2 fully saturated rings. The summed E-state index contributed by atoms with van der Waals surface area (Å²) in [6.45, 7) is 11.6. The van der Waals surface area contributed by atoms with E-state index in [9.17, 15) is 5.11 Å². The molecule has 0 bridgehead atoms. The Kier molecular flexibility index (Phi) is 6.10. The number of aliphatic hydroxyl groups is 1. The van der Waals surface area contributed by atoms with Crippen molar-refractivity contribution in [1.29, 1.82) is 0 Å². The maximum Gasteiger partial charge on any atom is 0.0611 e. The van der Waals surface area contributed by atoms with Crippen LogP contribution in [0.2, 0.25) is 0 Å². The molecule has 4 unspecified atom stereocenters. The summed E-state index contributed by atoms with van der Waals surface area (Å²) in [5, 5.41) is 13.3. The van der Waals surface area contributed by atoms with Crippen LogP contribution in [0.4, 0.5) is 0 Å². The summed E-state index contributed by atoms with van der Waals surface area (Å²) in [4.78, 5) is 2.68. The van der Waals surface area contributed by atoms with Crippen molar-refractivity contribution in [2.45, 2.75) is 83.8 Å². The first kappa shape index (κ1) is 17.2. The second-order valence-corrected chi connectivity index (χ2v) is 8.16. The van der Waals surface area contributed by atoms with Crippen LogP contribution in [-0.4, -0.2) is 47.3 Å². The SMILES string of the molecule is CC(C)NC(C)(CO)CC(C)N1CCC2CCCCC2C1. The minimum absolute atomic E-state index is 0.156. The quantitative estimate of drug-likeness (QED) is 0.791. The van der Waals surface area contributed by atoms with Gasteiger partial charge in [0.15, 0.2) is 0 Å². The number of nitrogens with one attached hydrogen (secondary N) is 1. The van der Waals surface area contributed by atoms with E-state index in [4.69, 9.17) is 0 Å². The van der Waals surface area contributed by atoms with Crippen molar-refractivity contribution in [3.05, 3.63) is 0 Å². The molecule has 1 aliphatic heterocycles. The number of rotatable bonds is 6. The minimum atomic E-state index is -0.156. The van der Waals surface area contributed by atoms with Crippen LogP contribution < -0.4 is 5.32 Å². The Hall–Kier alpha value is -0.120. The van der Waals surface area contributed by atoms with Crippen LogP contribution in [0.1, 0.15) is 66.2 Å². The molecule has 21 heavy (non-hydrogen) atoms. The Balaban J connectivity index is 1.89. The highest BCUT2D eigenvalue weighted by Crippen LogP contribution is 2.37. The van der Waals surface area contributed by atoms with Crippen LogP contribution >= 0.6 is 0 Å². The molecule has 1 saturated heterocycles. The van der Waals surface area contributed by atoms with Crippen LogP contribution in [0.5, 0.6) is 0 Å². The van der Waals surface area contributed by atoms with Crippen molar-refractivity contribution < 1.29 is 5.11 Å². The molecule has 4 atom stereocenters. The Bertz CT molecular complexity index is 320. The summed E-state index contributed by atoms with van der Waals surface area (Å²) in [6, 6.07) is 0.967. The topological polar surface area (TPSA) is 35.5 Å². The van der Waals surface area contributed by atoms with Gasteiger partial charge in [0.05, 0.1) is 6.61 Å². The number of hydrogen-bond donors (Lipinski definition) is 2. The summed E-state index contributed by atoms with van der Waals surface area (Å²) < 4.78 is 0. The average Bonchev–Trinajstić information content (AvgIpc) is 2.45. The van der Waals surface area contributed by atoms with Crippen LogP contribution in [0.3, 0.4) is 0 Å². The first-order chi connectivity index (χ1) is 9.93. The Morgan fingerprint density at radius 1 is 1.14 bits per heavy atom. The number of aliphatic hydroxyl groups excluding tert-OH is 1. The molecule has 1 heterocycles. The van der Waals surface area contributed by atoms with Crippen LogP contribution in [0, 0.1) is 11.8 Å². The molecule has 1 saturated carbocycles. The second-order valence-electron chi connectivity index (χ2n) is 8.16. The highest BCUT2D eigenvalue weighted by Gasteiger charge is 2.35. The third-order valence-corrected chi connectivity index (χ3v) is 5.68. The molecule has 0 aromatic carbocycles. The van der Waals surface area contributed by atoms with E-state index in [1.165, 1.54) is 45.2 Å². The minimum Gasteiger partial charge on any atom is -0.394 e. The van der Waals surface area contributed by atoms with E-state index >= 15 is 0 Å². The van der Waals surface area contributed by atoms with Gasteiger partial charge in [-0.15, -0.1) is 0 Å². The van der Waals surface area contributed by atoms with E-state index in [2.05, 4.69) is 37.9 Å². The van der Waals surface area contributed by atoms with Crippen molar-refractivity contribution in [2.24, 2.45) is 11.8 Å². The van der Waals surface area contributed by atoms with Gasteiger partial charge in [-0.05, 0) is 51.5 Å². The highest BCUT2D eigenvalue weighted by molar-refractivity contribution is 4.91. The van der Waals surface area contributed by atoms with Gasteiger partial charge in [0, 0.05) is 24.2 Å². The van der Waals surface area contributed by atoms with Crippen molar-refractivity contribution in [3.8, 4) is 0 Å². The zero-order valence-electron chi connectivity index (χ0n) is 14.6. The molecule has 2 aliphatic rings. The fraction of sp³-hybridized carbons (Fsp3) is 1.00. The zero-order valence-corrected chi connectivity index (χ0v) is 14.6. The number of hydrogen-bond acceptors (Lipinski definition) is 3. The van der Waals surface area contributed by atoms with Gasteiger partial charge < -0.3 is 15.3 Å². The van der Waals surface area contributed by atoms with E-state index in [-0.39, 0.29) is 12.1 Å². The lowest BCUT2D eigenvalue weighted by molar-refractivity contribution is 0.0412. The normalized spacial score (nSPS) is 31.7. The van der Waals surface area contributed by atoms with E-state index in [1.807, 2.05) is 0 Å². The number of fused-ring (bicyclic) bond motifs is 1. The van der Waals surface area contributed by atoms with Gasteiger partial charge in [0.25, 0.3) is 0 Å². The highest BCUT2D eigenvalue weighted by atomic mass is 16.3. The van der Waals surface area contributed by atoms with Gasteiger partial charge in [-0.1, -0.05) is 33.1 Å². The monoisotopic (exact) mass is 296 g/mol. The predicted molar refractivity (Wildman–Crippen MR) is 89.5 cm³/mol. The molecule has 2 rings (SSSR count). The predicted octanol–water partition coefficient (Wildman–Crippen LogP) is 3.03. The molecule has 2 N–H and O–H groups in total. The van der Waals surface area contributed by atoms with Crippen LogP contribution in [-0.2, 0) is 0 Å². The molecule has 1 aliphatic carbocycles. The third-order valence-electron chi connectivity index (χ3n) is 5.68. The summed E-state index contributed by atoms with van der Waals surface area (Å²) in [7, 11) is 0. The summed E-state index contributed by atoms with van der Waals surface area (Å²) in [5.41, 5.74) is -0.156. The van der Waals surface area contributed by atoms with E-state index in [0.717, 1.165) is 18.3 Å². The van der Waals surface area contributed by atoms with Gasteiger partial charge in [0.2, 0.25) is 0 Å². The lowest BCUT2D eigenvalue weighted by atomic mass is 9.74. The molecule has 0 radical (unpaired) electrons. The van der Waals surface area contributed by atoms with Gasteiger partial charge in [-0.25, -0.2) is 0 Å². The van der Waals surface area contributed by atoms with Crippen LogP contribution in [0.15, 0.2) is 0 Å². The fourth-order valence-corrected chi connectivity index (χ4v) is 4.68. The first-order valence-electron chi connectivity index (χ1n) is 9.06. The number of nitrogens with zero attached hydrogens (tertiary/aromatic N) is 1. The number of piperidine rings is 1. The smallest absolute Gasteiger partial charge is 0.0611 e. The molecular weight excluding hydrogens is 260 g/mol. The third kappa shape index (κ3) is 4.67. The van der Waals surface area contributed by atoms with Crippen molar-refractivity contribution in [3.63, 3.8) is 0 Å². The number of likely N-dealkylation sites (tertiary alicyclic amines) is 1. The van der Waals surface area contributed by atoms with Gasteiger partial charge in [-0.2, -0.15) is 0 Å². The second kappa shape index (κ2) is 7.43. The maximum atomic E-state index is 9.79. The fourth-order valence-electron chi connectivity index (χ4n) is 4.68. The summed E-state index contributed by atoms with van der Waals surface area (Å²) in [5.74, 6) is 1.94. The molecule has 0 spiro atoms. The molecule has 0 amide bonds. The molecular formula is C18H36N2O. The van der Waals surface area contributed by atoms with Crippen molar-refractivity contribution in [2.75, 3.05) is 19.7 Å². The van der Waals surface area contributed by atoms with Crippen LogP contribution in [0.25, 0.3) is 0 Å². The standard InChI is InChI=1S/C18H36N2O/c1-14(2)19-18(4,13-21)11-15(3)20-10-9-16-7-5-6-8-17(16)12-20/h14-17,19,21H,5-13H2,1-4H3. The summed E-state index contributed by atoms with van der Waals surface area (Å²) in [6.07, 6.45) is 8.22. The Morgan fingerprint density at radius 3 is 2.43 bits per heavy atom. The molecule has 124 valence electrons. The van der Waals surface area contributed by atoms with Gasteiger partial charge >= 0.3 is 0 Å². The molecule has 0 aromatic heterocycles. The van der Waals surface area contributed by atoms with E-state index < -0.39 is 0 Å². The van der Waals surface area contributed by atoms with Crippen molar-refractivity contribution in [1.82, 2.24) is 10.2 Å². The average molecular weight is 296 g/mol. The largest absolute Gasteiger partial charge is 0.394 e. The van der Waals surface area contributed by atoms with E-state index in [0.29, 0.717) is 12.1 Å². The Morgan fingerprint density at radius 2 is 1.81 bits per heavy atom. The Labute approximate surface area is 131 Å². The molecule has 3 heteroatoms. The molecule has 0 aromatic rings. The first-order valence-corrected chi connectivity index (χ1v) is 9.06. The lowest BCUT2D eigenvalue weighted by Gasteiger charge is -2.45.